The number of piperidine rings is 1. The quantitative estimate of drug-likeness (QED) is 0.771. The number of carbonyl (C=O) groups excluding carboxylic acids is 1. The number of rotatable bonds is 3. The first kappa shape index (κ1) is 12.5. The van der Waals surface area contributed by atoms with Crippen LogP contribution in [0.1, 0.15) is 40.5 Å². The van der Waals surface area contributed by atoms with Crippen LogP contribution < -0.4 is 5.32 Å². The van der Waals surface area contributed by atoms with Gasteiger partial charge in [0.1, 0.15) is 0 Å². The third-order valence-corrected chi connectivity index (χ3v) is 3.18. The van der Waals surface area contributed by atoms with Gasteiger partial charge in [-0.2, -0.15) is 0 Å². The van der Waals surface area contributed by atoms with Gasteiger partial charge in [-0.1, -0.05) is 6.92 Å². The van der Waals surface area contributed by atoms with E-state index in [-0.39, 0.29) is 18.0 Å². The molecule has 1 unspecified atom stereocenters. The lowest BCUT2D eigenvalue weighted by Crippen LogP contribution is -2.49. The maximum atomic E-state index is 11.8. The molecule has 0 aromatic carbocycles. The number of nitrogens with one attached hydrogen (secondary N) is 1. The zero-order valence-corrected chi connectivity index (χ0v) is 10.4. The molecule has 0 radical (unpaired) electrons. The summed E-state index contributed by atoms with van der Waals surface area (Å²) < 4.78 is 0. The molecular weight excluding hydrogens is 188 g/mol. The van der Waals surface area contributed by atoms with Crippen molar-refractivity contribution in [1.29, 1.82) is 0 Å². The van der Waals surface area contributed by atoms with E-state index in [4.69, 9.17) is 0 Å². The smallest absolute Gasteiger partial charge is 0.237 e. The van der Waals surface area contributed by atoms with E-state index in [1.807, 2.05) is 20.8 Å². The van der Waals surface area contributed by atoms with Crippen molar-refractivity contribution in [3.63, 3.8) is 0 Å². The highest BCUT2D eigenvalue weighted by molar-refractivity contribution is 5.81. The zero-order chi connectivity index (χ0) is 11.4. The average molecular weight is 212 g/mol. The predicted molar refractivity (Wildman–Crippen MR) is 62.7 cm³/mol. The van der Waals surface area contributed by atoms with Crippen LogP contribution in [0, 0.1) is 5.92 Å². The van der Waals surface area contributed by atoms with Crippen LogP contribution in [0.2, 0.25) is 0 Å². The second kappa shape index (κ2) is 5.50. The Balaban J connectivity index is 2.39. The Morgan fingerprint density at radius 2 is 1.80 bits per heavy atom. The SMILES string of the molecule is CC1CCN(C(C)C(=O)NC(C)C)CC1. The van der Waals surface area contributed by atoms with Crippen molar-refractivity contribution in [1.82, 2.24) is 10.2 Å². The van der Waals surface area contributed by atoms with E-state index in [1.54, 1.807) is 0 Å². The number of hydrogen-bond donors (Lipinski definition) is 1. The summed E-state index contributed by atoms with van der Waals surface area (Å²) in [6.45, 7) is 10.4. The maximum Gasteiger partial charge on any atom is 0.237 e. The monoisotopic (exact) mass is 212 g/mol. The maximum absolute atomic E-state index is 11.8. The van der Waals surface area contributed by atoms with E-state index in [2.05, 4.69) is 17.1 Å². The molecule has 15 heavy (non-hydrogen) atoms. The predicted octanol–water partition coefficient (Wildman–Crippen LogP) is 1.63. The van der Waals surface area contributed by atoms with Gasteiger partial charge in [0, 0.05) is 6.04 Å². The van der Waals surface area contributed by atoms with Crippen LogP contribution in [0.15, 0.2) is 0 Å². The zero-order valence-electron chi connectivity index (χ0n) is 10.4. The molecule has 88 valence electrons. The van der Waals surface area contributed by atoms with Crippen LogP contribution in [-0.4, -0.2) is 36.0 Å². The van der Waals surface area contributed by atoms with Crippen molar-refractivity contribution >= 4 is 5.91 Å². The molecule has 3 nitrogen and oxygen atoms in total. The van der Waals surface area contributed by atoms with E-state index in [0.29, 0.717) is 0 Å². The Morgan fingerprint density at radius 3 is 2.27 bits per heavy atom. The summed E-state index contributed by atoms with van der Waals surface area (Å²) in [6, 6.07) is 0.267. The van der Waals surface area contributed by atoms with Crippen molar-refractivity contribution in [3.05, 3.63) is 0 Å². The fourth-order valence-electron chi connectivity index (χ4n) is 1.99. The number of likely N-dealkylation sites (tertiary alicyclic amines) is 1. The molecule has 1 aliphatic rings. The summed E-state index contributed by atoms with van der Waals surface area (Å²) in [6.07, 6.45) is 2.44. The normalized spacial score (nSPS) is 21.7. The lowest BCUT2D eigenvalue weighted by molar-refractivity contribution is -0.126. The van der Waals surface area contributed by atoms with Crippen molar-refractivity contribution in [2.45, 2.75) is 52.6 Å². The molecule has 1 N–H and O–H groups in total. The molecule has 1 atom stereocenters. The van der Waals surface area contributed by atoms with Crippen molar-refractivity contribution < 1.29 is 4.79 Å². The molecule has 1 aliphatic heterocycles. The summed E-state index contributed by atoms with van der Waals surface area (Å²) in [7, 11) is 0. The number of nitrogens with zero attached hydrogens (tertiary/aromatic N) is 1. The first-order chi connectivity index (χ1) is 7.00. The van der Waals surface area contributed by atoms with Crippen molar-refractivity contribution in [3.8, 4) is 0 Å². The minimum Gasteiger partial charge on any atom is -0.353 e. The van der Waals surface area contributed by atoms with Crippen molar-refractivity contribution in [2.75, 3.05) is 13.1 Å². The molecule has 1 fully saturated rings. The standard InChI is InChI=1S/C12H24N2O/c1-9(2)13-12(15)11(4)14-7-5-10(3)6-8-14/h9-11H,5-8H2,1-4H3,(H,13,15). The Hall–Kier alpha value is -0.570. The highest BCUT2D eigenvalue weighted by atomic mass is 16.2. The topological polar surface area (TPSA) is 32.3 Å². The van der Waals surface area contributed by atoms with Crippen molar-refractivity contribution in [2.24, 2.45) is 5.92 Å². The van der Waals surface area contributed by atoms with Gasteiger partial charge >= 0.3 is 0 Å². The molecule has 1 saturated heterocycles. The molecule has 0 aromatic heterocycles. The van der Waals surface area contributed by atoms with Crippen LogP contribution in [0.4, 0.5) is 0 Å². The van der Waals surface area contributed by atoms with E-state index in [0.717, 1.165) is 19.0 Å². The largest absolute Gasteiger partial charge is 0.353 e. The van der Waals surface area contributed by atoms with Crippen LogP contribution in [0.25, 0.3) is 0 Å². The van der Waals surface area contributed by atoms with Gasteiger partial charge in [0.25, 0.3) is 0 Å². The summed E-state index contributed by atoms with van der Waals surface area (Å²) in [5.74, 6) is 0.987. The Bertz CT molecular complexity index is 208. The second-order valence-electron chi connectivity index (χ2n) is 5.06. The highest BCUT2D eigenvalue weighted by Gasteiger charge is 2.24. The first-order valence-electron chi connectivity index (χ1n) is 6.05. The molecule has 1 heterocycles. The van der Waals surface area contributed by atoms with E-state index in [9.17, 15) is 4.79 Å². The van der Waals surface area contributed by atoms with Crippen LogP contribution in [-0.2, 0) is 4.79 Å². The fraction of sp³-hybridized carbons (Fsp3) is 0.917. The molecule has 0 spiro atoms. The molecule has 1 rings (SSSR count). The third-order valence-electron chi connectivity index (χ3n) is 3.18. The lowest BCUT2D eigenvalue weighted by atomic mass is 9.98. The number of carbonyl (C=O) groups is 1. The fourth-order valence-corrected chi connectivity index (χ4v) is 1.99. The molecule has 0 aliphatic carbocycles. The molecule has 0 bridgehead atoms. The number of amides is 1. The lowest BCUT2D eigenvalue weighted by Gasteiger charge is -2.34. The minimum atomic E-state index is 0.0277. The van der Waals surface area contributed by atoms with Gasteiger partial charge in [-0.3, -0.25) is 9.69 Å². The van der Waals surface area contributed by atoms with E-state index < -0.39 is 0 Å². The van der Waals surface area contributed by atoms with E-state index >= 15 is 0 Å². The van der Waals surface area contributed by atoms with Crippen LogP contribution in [0.3, 0.4) is 0 Å². The molecule has 0 aromatic rings. The van der Waals surface area contributed by atoms with Crippen LogP contribution >= 0.6 is 0 Å². The highest BCUT2D eigenvalue weighted by Crippen LogP contribution is 2.17. The summed E-state index contributed by atoms with van der Waals surface area (Å²) in [5.41, 5.74) is 0. The van der Waals surface area contributed by atoms with Gasteiger partial charge in [-0.05, 0) is 52.6 Å². The van der Waals surface area contributed by atoms with E-state index in [1.165, 1.54) is 12.8 Å². The van der Waals surface area contributed by atoms with Gasteiger partial charge in [0.05, 0.1) is 6.04 Å². The van der Waals surface area contributed by atoms with Gasteiger partial charge in [-0.25, -0.2) is 0 Å². The molecule has 3 heteroatoms. The first-order valence-corrected chi connectivity index (χ1v) is 6.05. The Morgan fingerprint density at radius 1 is 1.27 bits per heavy atom. The Labute approximate surface area is 93.2 Å². The average Bonchev–Trinajstić information content (AvgIpc) is 2.17. The summed E-state index contributed by atoms with van der Waals surface area (Å²) in [5, 5.41) is 2.97. The number of hydrogen-bond acceptors (Lipinski definition) is 2. The molecule has 1 amide bonds. The van der Waals surface area contributed by atoms with Crippen LogP contribution in [0.5, 0.6) is 0 Å². The van der Waals surface area contributed by atoms with Gasteiger partial charge < -0.3 is 5.32 Å². The van der Waals surface area contributed by atoms with Gasteiger partial charge in [0.2, 0.25) is 5.91 Å². The third kappa shape index (κ3) is 3.82. The molecular formula is C12H24N2O. The molecule has 0 saturated carbocycles. The summed E-state index contributed by atoms with van der Waals surface area (Å²) >= 11 is 0. The second-order valence-corrected chi connectivity index (χ2v) is 5.06. The minimum absolute atomic E-state index is 0.0277. The summed E-state index contributed by atoms with van der Waals surface area (Å²) in [4.78, 5) is 14.1. The van der Waals surface area contributed by atoms with Gasteiger partial charge in [-0.15, -0.1) is 0 Å². The Kier molecular flexibility index (Phi) is 4.58. The van der Waals surface area contributed by atoms with Gasteiger partial charge in [0.15, 0.2) is 0 Å².